The zero-order valence-electron chi connectivity index (χ0n) is 12.0. The van der Waals surface area contributed by atoms with E-state index in [-0.39, 0.29) is 18.2 Å². The summed E-state index contributed by atoms with van der Waals surface area (Å²) >= 11 is 0. The van der Waals surface area contributed by atoms with Crippen molar-refractivity contribution in [1.29, 1.82) is 0 Å². The first-order chi connectivity index (χ1) is 10.0. The molecule has 1 amide bonds. The molecule has 1 unspecified atom stereocenters. The maximum atomic E-state index is 11.9. The van der Waals surface area contributed by atoms with Crippen LogP contribution < -0.4 is 5.32 Å². The number of carboxylic acid groups (broad SMARTS) is 1. The molecule has 110 valence electrons. The molecule has 0 saturated carbocycles. The zero-order valence-corrected chi connectivity index (χ0v) is 12.0. The van der Waals surface area contributed by atoms with Crippen LogP contribution in [0, 0.1) is 5.92 Å². The lowest BCUT2D eigenvalue weighted by Gasteiger charge is -2.10. The van der Waals surface area contributed by atoms with Gasteiger partial charge in [-0.2, -0.15) is 0 Å². The zero-order chi connectivity index (χ0) is 15.2. The van der Waals surface area contributed by atoms with E-state index in [0.29, 0.717) is 13.0 Å². The fourth-order valence-electron chi connectivity index (χ4n) is 2.25. The Morgan fingerprint density at radius 1 is 1.14 bits per heavy atom. The molecule has 0 fully saturated rings. The molecule has 0 aliphatic carbocycles. The van der Waals surface area contributed by atoms with E-state index in [1.54, 1.807) is 0 Å². The Hall–Kier alpha value is -2.36. The second-order valence-corrected chi connectivity index (χ2v) is 5.37. The van der Waals surface area contributed by atoms with Gasteiger partial charge in [-0.05, 0) is 22.3 Å². The smallest absolute Gasteiger partial charge is 0.303 e. The second-order valence-electron chi connectivity index (χ2n) is 5.37. The predicted octanol–water partition coefficient (Wildman–Crippen LogP) is 2.61. The van der Waals surface area contributed by atoms with Gasteiger partial charge in [0.25, 0.3) is 0 Å². The highest BCUT2D eigenvalue weighted by atomic mass is 16.4. The molecule has 0 aliphatic rings. The molecule has 4 nitrogen and oxygen atoms in total. The van der Waals surface area contributed by atoms with Crippen LogP contribution in [0.4, 0.5) is 0 Å². The molecule has 1 atom stereocenters. The number of nitrogens with one attached hydrogen (secondary N) is 1. The molecule has 0 aliphatic heterocycles. The summed E-state index contributed by atoms with van der Waals surface area (Å²) < 4.78 is 0. The topological polar surface area (TPSA) is 66.4 Å². The monoisotopic (exact) mass is 285 g/mol. The number of rotatable bonds is 6. The maximum Gasteiger partial charge on any atom is 0.303 e. The minimum Gasteiger partial charge on any atom is -0.481 e. The van der Waals surface area contributed by atoms with Crippen molar-refractivity contribution in [2.75, 3.05) is 6.54 Å². The molecule has 0 radical (unpaired) electrons. The normalized spacial score (nSPS) is 12.0. The molecule has 4 heteroatoms. The van der Waals surface area contributed by atoms with E-state index >= 15 is 0 Å². The van der Waals surface area contributed by atoms with Crippen LogP contribution in [-0.2, 0) is 16.0 Å². The molecule has 2 N–H and O–H groups in total. The number of benzene rings is 2. The Morgan fingerprint density at radius 3 is 2.57 bits per heavy atom. The molecule has 0 aromatic heterocycles. The lowest BCUT2D eigenvalue weighted by Crippen LogP contribution is -2.30. The minimum atomic E-state index is -0.841. The Bertz CT molecular complexity index is 651. The van der Waals surface area contributed by atoms with E-state index in [9.17, 15) is 9.59 Å². The van der Waals surface area contributed by atoms with E-state index in [1.807, 2.05) is 49.4 Å². The average molecular weight is 285 g/mol. The molecule has 0 heterocycles. The first-order valence-corrected chi connectivity index (χ1v) is 7.01. The van der Waals surface area contributed by atoms with Crippen molar-refractivity contribution in [3.8, 4) is 0 Å². The fraction of sp³-hybridized carbons (Fsp3) is 0.294. The van der Waals surface area contributed by atoms with Crippen LogP contribution in [-0.4, -0.2) is 23.5 Å². The Morgan fingerprint density at radius 2 is 1.86 bits per heavy atom. The van der Waals surface area contributed by atoms with Crippen molar-refractivity contribution in [2.24, 2.45) is 5.92 Å². The Labute approximate surface area is 123 Å². The summed E-state index contributed by atoms with van der Waals surface area (Å²) in [6.45, 7) is 2.20. The van der Waals surface area contributed by atoms with Gasteiger partial charge in [0.15, 0.2) is 0 Å². The third kappa shape index (κ3) is 4.60. The fourth-order valence-corrected chi connectivity index (χ4v) is 2.25. The van der Waals surface area contributed by atoms with E-state index in [1.165, 1.54) is 0 Å². The number of hydrogen-bond acceptors (Lipinski definition) is 2. The predicted molar refractivity (Wildman–Crippen MR) is 82.1 cm³/mol. The lowest BCUT2D eigenvalue weighted by atomic mass is 10.0. The highest BCUT2D eigenvalue weighted by molar-refractivity contribution is 5.85. The first-order valence-electron chi connectivity index (χ1n) is 7.01. The quantitative estimate of drug-likeness (QED) is 0.857. The molecule has 0 saturated heterocycles. The van der Waals surface area contributed by atoms with Gasteiger partial charge < -0.3 is 10.4 Å². The van der Waals surface area contributed by atoms with Crippen molar-refractivity contribution in [3.63, 3.8) is 0 Å². The van der Waals surface area contributed by atoms with E-state index in [2.05, 4.69) is 5.32 Å². The standard InChI is InChI=1S/C17H19NO3/c1-12(8-17(20)21)11-18-16(19)10-13-6-7-14-4-2-3-5-15(14)9-13/h2-7,9,12H,8,10-11H2,1H3,(H,18,19)(H,20,21). The van der Waals surface area contributed by atoms with Crippen LogP contribution in [0.1, 0.15) is 18.9 Å². The van der Waals surface area contributed by atoms with Gasteiger partial charge in [-0.1, -0.05) is 49.4 Å². The highest BCUT2D eigenvalue weighted by Gasteiger charge is 2.10. The molecule has 0 bridgehead atoms. The van der Waals surface area contributed by atoms with E-state index in [0.717, 1.165) is 16.3 Å². The van der Waals surface area contributed by atoms with Crippen LogP contribution in [0.5, 0.6) is 0 Å². The Balaban J connectivity index is 1.90. The SMILES string of the molecule is CC(CNC(=O)Cc1ccc2ccccc2c1)CC(=O)O. The third-order valence-electron chi connectivity index (χ3n) is 3.35. The third-order valence-corrected chi connectivity index (χ3v) is 3.35. The molecular weight excluding hydrogens is 266 g/mol. The van der Waals surface area contributed by atoms with Crippen LogP contribution >= 0.6 is 0 Å². The molecule has 2 aromatic rings. The molecule has 2 rings (SSSR count). The summed E-state index contributed by atoms with van der Waals surface area (Å²) in [6, 6.07) is 14.0. The Kier molecular flexibility index (Phi) is 4.93. The molecule has 0 spiro atoms. The summed E-state index contributed by atoms with van der Waals surface area (Å²) in [6.07, 6.45) is 0.376. The molecule has 21 heavy (non-hydrogen) atoms. The summed E-state index contributed by atoms with van der Waals surface area (Å²) in [4.78, 5) is 22.4. The van der Waals surface area contributed by atoms with Crippen molar-refractivity contribution >= 4 is 22.6 Å². The number of amides is 1. The summed E-state index contributed by atoms with van der Waals surface area (Å²) in [5.74, 6) is -0.989. The number of fused-ring (bicyclic) bond motifs is 1. The van der Waals surface area contributed by atoms with Gasteiger partial charge in [-0.3, -0.25) is 9.59 Å². The summed E-state index contributed by atoms with van der Waals surface area (Å²) in [5.41, 5.74) is 0.956. The highest BCUT2D eigenvalue weighted by Crippen LogP contribution is 2.15. The maximum absolute atomic E-state index is 11.9. The molecular formula is C17H19NO3. The van der Waals surface area contributed by atoms with Crippen LogP contribution in [0.15, 0.2) is 42.5 Å². The van der Waals surface area contributed by atoms with Gasteiger partial charge in [0.2, 0.25) is 5.91 Å². The summed E-state index contributed by atoms with van der Waals surface area (Å²) in [7, 11) is 0. The van der Waals surface area contributed by atoms with E-state index < -0.39 is 5.97 Å². The largest absolute Gasteiger partial charge is 0.481 e. The number of carbonyl (C=O) groups is 2. The second kappa shape index (κ2) is 6.88. The number of hydrogen-bond donors (Lipinski definition) is 2. The van der Waals surface area contributed by atoms with Gasteiger partial charge in [0.05, 0.1) is 6.42 Å². The van der Waals surface area contributed by atoms with Crippen molar-refractivity contribution in [2.45, 2.75) is 19.8 Å². The summed E-state index contributed by atoms with van der Waals surface area (Å²) in [5, 5.41) is 13.7. The van der Waals surface area contributed by atoms with Gasteiger partial charge in [0, 0.05) is 13.0 Å². The average Bonchev–Trinajstić information content (AvgIpc) is 2.44. The number of carboxylic acids is 1. The van der Waals surface area contributed by atoms with Crippen LogP contribution in [0.25, 0.3) is 10.8 Å². The number of aliphatic carboxylic acids is 1. The minimum absolute atomic E-state index is 0.0657. The van der Waals surface area contributed by atoms with E-state index in [4.69, 9.17) is 5.11 Å². The van der Waals surface area contributed by atoms with Gasteiger partial charge in [0.1, 0.15) is 0 Å². The van der Waals surface area contributed by atoms with Crippen LogP contribution in [0.2, 0.25) is 0 Å². The van der Waals surface area contributed by atoms with Gasteiger partial charge in [-0.25, -0.2) is 0 Å². The molecule has 2 aromatic carbocycles. The van der Waals surface area contributed by atoms with Crippen molar-refractivity contribution in [3.05, 3.63) is 48.0 Å². The lowest BCUT2D eigenvalue weighted by molar-refractivity contribution is -0.138. The van der Waals surface area contributed by atoms with Gasteiger partial charge >= 0.3 is 5.97 Å². The van der Waals surface area contributed by atoms with Crippen LogP contribution in [0.3, 0.4) is 0 Å². The van der Waals surface area contributed by atoms with Crippen molar-refractivity contribution in [1.82, 2.24) is 5.32 Å². The number of carbonyl (C=O) groups excluding carboxylic acids is 1. The van der Waals surface area contributed by atoms with Gasteiger partial charge in [-0.15, -0.1) is 0 Å². The van der Waals surface area contributed by atoms with Crippen molar-refractivity contribution < 1.29 is 14.7 Å². The first kappa shape index (κ1) is 15.0.